The van der Waals surface area contributed by atoms with E-state index in [-0.39, 0.29) is 22.8 Å². The lowest BCUT2D eigenvalue weighted by Gasteiger charge is -2.12. The summed E-state index contributed by atoms with van der Waals surface area (Å²) < 4.78 is 5.00. The Hall–Kier alpha value is -3.10. The minimum absolute atomic E-state index is 0.0407. The average molecular weight is 305 g/mol. The van der Waals surface area contributed by atoms with Crippen molar-refractivity contribution in [2.75, 3.05) is 12.8 Å². The van der Waals surface area contributed by atoms with Crippen molar-refractivity contribution in [1.29, 1.82) is 0 Å². The zero-order chi connectivity index (χ0) is 16.3. The van der Waals surface area contributed by atoms with Crippen LogP contribution in [0.2, 0.25) is 0 Å². The number of methoxy groups -OCH3 is 1. The summed E-state index contributed by atoms with van der Waals surface area (Å²) in [6.45, 7) is 1.69. The van der Waals surface area contributed by atoms with Gasteiger partial charge in [-0.05, 0) is 25.1 Å². The maximum atomic E-state index is 12.2. The SMILES string of the molecule is COc1cc(C(=O)O)cc(C(=O)N[C@H](C)c2nc(N)n[nH]2)c1. The number of rotatable bonds is 5. The summed E-state index contributed by atoms with van der Waals surface area (Å²) in [6, 6.07) is 3.57. The molecule has 116 valence electrons. The number of hydrogen-bond acceptors (Lipinski definition) is 6. The van der Waals surface area contributed by atoms with Crippen LogP contribution in [0.4, 0.5) is 5.95 Å². The number of benzene rings is 1. The Kier molecular flexibility index (Phi) is 4.25. The number of nitrogen functional groups attached to an aromatic ring is 1. The van der Waals surface area contributed by atoms with Crippen LogP contribution in [0.3, 0.4) is 0 Å². The number of nitrogens with one attached hydrogen (secondary N) is 2. The molecule has 2 rings (SSSR count). The number of aromatic carboxylic acids is 1. The van der Waals surface area contributed by atoms with Crippen molar-refractivity contribution in [3.8, 4) is 5.75 Å². The number of carboxylic acids is 1. The predicted molar refractivity (Wildman–Crippen MR) is 76.6 cm³/mol. The molecule has 0 spiro atoms. The zero-order valence-electron chi connectivity index (χ0n) is 12.0. The summed E-state index contributed by atoms with van der Waals surface area (Å²) >= 11 is 0. The fourth-order valence-corrected chi connectivity index (χ4v) is 1.80. The van der Waals surface area contributed by atoms with Gasteiger partial charge in [0.05, 0.1) is 18.7 Å². The zero-order valence-corrected chi connectivity index (χ0v) is 12.0. The highest BCUT2D eigenvalue weighted by Crippen LogP contribution is 2.18. The van der Waals surface area contributed by atoms with E-state index in [4.69, 9.17) is 15.6 Å². The number of carbonyl (C=O) groups excluding carboxylic acids is 1. The van der Waals surface area contributed by atoms with Gasteiger partial charge in [0.1, 0.15) is 11.6 Å². The summed E-state index contributed by atoms with van der Waals surface area (Å²) in [5.41, 5.74) is 5.52. The van der Waals surface area contributed by atoms with Gasteiger partial charge in [0.2, 0.25) is 5.95 Å². The topological polar surface area (TPSA) is 143 Å². The third-order valence-electron chi connectivity index (χ3n) is 2.93. The molecule has 1 aromatic carbocycles. The first-order chi connectivity index (χ1) is 10.4. The quantitative estimate of drug-likeness (QED) is 0.632. The third-order valence-corrected chi connectivity index (χ3v) is 2.93. The van der Waals surface area contributed by atoms with E-state index in [9.17, 15) is 9.59 Å². The van der Waals surface area contributed by atoms with Crippen molar-refractivity contribution < 1.29 is 19.4 Å². The lowest BCUT2D eigenvalue weighted by atomic mass is 10.1. The smallest absolute Gasteiger partial charge is 0.335 e. The van der Waals surface area contributed by atoms with Gasteiger partial charge in [0.25, 0.3) is 5.91 Å². The maximum Gasteiger partial charge on any atom is 0.335 e. The van der Waals surface area contributed by atoms with Gasteiger partial charge in [-0.1, -0.05) is 0 Å². The summed E-state index contributed by atoms with van der Waals surface area (Å²) in [5, 5.41) is 18.0. The molecule has 0 saturated carbocycles. The van der Waals surface area contributed by atoms with Gasteiger partial charge in [-0.2, -0.15) is 4.98 Å². The molecule has 22 heavy (non-hydrogen) atoms. The fraction of sp³-hybridized carbons (Fsp3) is 0.231. The Bertz CT molecular complexity index is 712. The highest BCUT2D eigenvalue weighted by molar-refractivity contribution is 5.98. The third kappa shape index (κ3) is 3.32. The molecule has 1 heterocycles. The van der Waals surface area contributed by atoms with Crippen LogP contribution in [0.25, 0.3) is 0 Å². The number of nitrogens with zero attached hydrogens (tertiary/aromatic N) is 2. The van der Waals surface area contributed by atoms with Crippen LogP contribution in [0.1, 0.15) is 39.5 Å². The minimum Gasteiger partial charge on any atom is -0.497 e. The standard InChI is InChI=1S/C13H15N5O4/c1-6(10-16-13(14)18-17-10)15-11(19)7-3-8(12(20)21)5-9(4-7)22-2/h3-6H,1-2H3,(H,15,19)(H,20,21)(H3,14,16,17,18)/t6-/m1/s1. The molecule has 1 amide bonds. The van der Waals surface area contributed by atoms with Crippen molar-refractivity contribution >= 4 is 17.8 Å². The van der Waals surface area contributed by atoms with Crippen LogP contribution in [0.15, 0.2) is 18.2 Å². The van der Waals surface area contributed by atoms with Crippen LogP contribution >= 0.6 is 0 Å². The van der Waals surface area contributed by atoms with E-state index in [2.05, 4.69) is 20.5 Å². The second kappa shape index (κ2) is 6.12. The predicted octanol–water partition coefficient (Wildman–Crippen LogP) is 0.585. The molecule has 0 aliphatic carbocycles. The molecule has 0 aliphatic rings. The molecule has 5 N–H and O–H groups in total. The largest absolute Gasteiger partial charge is 0.497 e. The van der Waals surface area contributed by atoms with E-state index in [0.29, 0.717) is 5.82 Å². The van der Waals surface area contributed by atoms with E-state index < -0.39 is 17.9 Å². The van der Waals surface area contributed by atoms with Gasteiger partial charge in [0, 0.05) is 5.56 Å². The number of carboxylic acid groups (broad SMARTS) is 1. The molecule has 2 aromatic rings. The van der Waals surface area contributed by atoms with Crippen molar-refractivity contribution in [3.63, 3.8) is 0 Å². The monoisotopic (exact) mass is 305 g/mol. The number of amides is 1. The molecule has 9 heteroatoms. The van der Waals surface area contributed by atoms with E-state index >= 15 is 0 Å². The van der Waals surface area contributed by atoms with Crippen molar-refractivity contribution in [2.45, 2.75) is 13.0 Å². The van der Waals surface area contributed by atoms with Gasteiger partial charge in [-0.15, -0.1) is 5.10 Å². The van der Waals surface area contributed by atoms with Gasteiger partial charge >= 0.3 is 5.97 Å². The van der Waals surface area contributed by atoms with Crippen LogP contribution in [-0.2, 0) is 0 Å². The molecule has 0 fully saturated rings. The summed E-state index contributed by atoms with van der Waals surface area (Å²) in [7, 11) is 1.39. The number of H-pyrrole nitrogens is 1. The molecular formula is C13H15N5O4. The van der Waals surface area contributed by atoms with Crippen LogP contribution in [-0.4, -0.2) is 39.3 Å². The Balaban J connectivity index is 2.21. The summed E-state index contributed by atoms with van der Waals surface area (Å²) in [4.78, 5) is 27.2. The van der Waals surface area contributed by atoms with Crippen LogP contribution < -0.4 is 15.8 Å². The highest BCUT2D eigenvalue weighted by Gasteiger charge is 2.17. The molecule has 0 radical (unpaired) electrons. The van der Waals surface area contributed by atoms with Gasteiger partial charge in [-0.3, -0.25) is 9.89 Å². The number of carbonyl (C=O) groups is 2. The minimum atomic E-state index is -1.15. The lowest BCUT2D eigenvalue weighted by Crippen LogP contribution is -2.27. The number of hydrogen-bond donors (Lipinski definition) is 4. The first kappa shape index (κ1) is 15.3. The normalized spacial score (nSPS) is 11.7. The number of aromatic nitrogens is 3. The molecule has 1 aromatic heterocycles. The summed E-state index contributed by atoms with van der Waals surface area (Å²) in [6.07, 6.45) is 0. The Morgan fingerprint density at radius 3 is 2.59 bits per heavy atom. The molecule has 0 bridgehead atoms. The first-order valence-corrected chi connectivity index (χ1v) is 6.31. The average Bonchev–Trinajstić information content (AvgIpc) is 2.93. The molecule has 1 atom stereocenters. The molecule has 0 unspecified atom stereocenters. The molecule has 0 saturated heterocycles. The second-order valence-corrected chi connectivity index (χ2v) is 4.53. The Labute approximate surface area is 125 Å². The highest BCUT2D eigenvalue weighted by atomic mass is 16.5. The van der Waals surface area contributed by atoms with E-state index in [1.54, 1.807) is 6.92 Å². The van der Waals surface area contributed by atoms with Gasteiger partial charge in [0.15, 0.2) is 0 Å². The van der Waals surface area contributed by atoms with E-state index in [1.807, 2.05) is 0 Å². The molecular weight excluding hydrogens is 290 g/mol. The Morgan fingerprint density at radius 1 is 1.36 bits per heavy atom. The van der Waals surface area contributed by atoms with Crippen molar-refractivity contribution in [3.05, 3.63) is 35.2 Å². The number of anilines is 1. The van der Waals surface area contributed by atoms with Crippen molar-refractivity contribution in [2.24, 2.45) is 0 Å². The lowest BCUT2D eigenvalue weighted by molar-refractivity contribution is 0.0696. The number of aromatic amines is 1. The Morgan fingerprint density at radius 2 is 2.05 bits per heavy atom. The van der Waals surface area contributed by atoms with E-state index in [0.717, 1.165) is 0 Å². The van der Waals surface area contributed by atoms with Crippen LogP contribution in [0.5, 0.6) is 5.75 Å². The number of ether oxygens (including phenoxy) is 1. The van der Waals surface area contributed by atoms with Gasteiger partial charge in [-0.25, -0.2) is 4.79 Å². The molecule has 0 aliphatic heterocycles. The van der Waals surface area contributed by atoms with E-state index in [1.165, 1.54) is 25.3 Å². The second-order valence-electron chi connectivity index (χ2n) is 4.53. The van der Waals surface area contributed by atoms with Gasteiger partial charge < -0.3 is 20.9 Å². The summed E-state index contributed by atoms with van der Waals surface area (Å²) in [5.74, 6) is -0.868. The first-order valence-electron chi connectivity index (χ1n) is 6.31. The van der Waals surface area contributed by atoms with Crippen LogP contribution in [0, 0.1) is 0 Å². The molecule has 9 nitrogen and oxygen atoms in total. The fourth-order valence-electron chi connectivity index (χ4n) is 1.80. The van der Waals surface area contributed by atoms with Crippen molar-refractivity contribution in [1.82, 2.24) is 20.5 Å². The number of nitrogens with two attached hydrogens (primary N) is 1. The maximum absolute atomic E-state index is 12.2.